The van der Waals surface area contributed by atoms with Crippen molar-refractivity contribution in [2.75, 3.05) is 6.61 Å². The topological polar surface area (TPSA) is 52.6 Å². The lowest BCUT2D eigenvalue weighted by Crippen LogP contribution is -2.07. The van der Waals surface area contributed by atoms with Crippen LogP contribution in [0.1, 0.15) is 117 Å². The third-order valence-electron chi connectivity index (χ3n) is 5.09. The van der Waals surface area contributed by atoms with Crippen LogP contribution in [0.3, 0.4) is 0 Å². The van der Waals surface area contributed by atoms with Crippen molar-refractivity contribution < 1.29 is 18.8 Å². The van der Waals surface area contributed by atoms with Crippen LogP contribution in [0.15, 0.2) is 12.2 Å². The van der Waals surface area contributed by atoms with Crippen molar-refractivity contribution in [2.45, 2.75) is 123 Å². The fourth-order valence-corrected chi connectivity index (χ4v) is 4.23. The number of esters is 1. The summed E-state index contributed by atoms with van der Waals surface area (Å²) in [6, 6.07) is 1.02. The third-order valence-corrected chi connectivity index (χ3v) is 6.37. The molecule has 0 N–H and O–H groups in total. The molecule has 0 aliphatic rings. The van der Waals surface area contributed by atoms with E-state index in [1.165, 1.54) is 95.6 Å². The molecule has 0 unspecified atom stereocenters. The van der Waals surface area contributed by atoms with E-state index in [0.29, 0.717) is 6.61 Å². The van der Waals surface area contributed by atoms with E-state index in [2.05, 4.69) is 13.8 Å². The lowest BCUT2D eigenvalue weighted by atomic mass is 10.1. The van der Waals surface area contributed by atoms with Gasteiger partial charge in [-0.2, -0.15) is 0 Å². The minimum Gasteiger partial charge on any atom is -0.522 e. The number of carbonyl (C=O) groups excluding carboxylic acids is 2. The normalized spacial score (nSPS) is 11.5. The molecule has 0 aromatic heterocycles. The molecular formula is C24H46O4Si. The highest BCUT2D eigenvalue weighted by atomic mass is 28.2. The Balaban J connectivity index is 3.41. The summed E-state index contributed by atoms with van der Waals surface area (Å²) in [5.41, 5.74) is 0. The first kappa shape index (κ1) is 27.9. The van der Waals surface area contributed by atoms with Gasteiger partial charge in [-0.05, 0) is 12.5 Å². The largest absolute Gasteiger partial charge is 0.522 e. The minimum atomic E-state index is -0.810. The monoisotopic (exact) mass is 426 g/mol. The van der Waals surface area contributed by atoms with E-state index in [1.54, 1.807) is 0 Å². The van der Waals surface area contributed by atoms with Crippen LogP contribution in [0, 0.1) is 0 Å². The summed E-state index contributed by atoms with van der Waals surface area (Å²) in [5, 5.41) is 0. The van der Waals surface area contributed by atoms with Crippen molar-refractivity contribution in [3.05, 3.63) is 12.2 Å². The Hall–Kier alpha value is -1.10. The summed E-state index contributed by atoms with van der Waals surface area (Å²) in [6.45, 7) is 4.89. The zero-order chi connectivity index (χ0) is 21.4. The van der Waals surface area contributed by atoms with Crippen molar-refractivity contribution in [1.82, 2.24) is 0 Å². The Labute approximate surface area is 182 Å². The maximum Gasteiger partial charge on any atom is 0.331 e. The first-order valence-corrected chi connectivity index (χ1v) is 13.8. The van der Waals surface area contributed by atoms with Gasteiger partial charge in [-0.3, -0.25) is 0 Å². The van der Waals surface area contributed by atoms with Gasteiger partial charge in [0.2, 0.25) is 9.76 Å². The van der Waals surface area contributed by atoms with Crippen molar-refractivity contribution in [2.24, 2.45) is 0 Å². The van der Waals surface area contributed by atoms with Gasteiger partial charge >= 0.3 is 11.9 Å². The van der Waals surface area contributed by atoms with E-state index in [0.717, 1.165) is 25.3 Å². The first-order valence-electron chi connectivity index (χ1n) is 12.2. The van der Waals surface area contributed by atoms with Crippen molar-refractivity contribution in [3.8, 4) is 0 Å². The number of carbonyl (C=O) groups is 2. The molecule has 0 aromatic carbocycles. The maximum atomic E-state index is 11.6. The summed E-state index contributed by atoms with van der Waals surface area (Å²) < 4.78 is 10.4. The van der Waals surface area contributed by atoms with Crippen LogP contribution in [0.25, 0.3) is 0 Å². The van der Waals surface area contributed by atoms with E-state index in [-0.39, 0.29) is 0 Å². The van der Waals surface area contributed by atoms with Gasteiger partial charge in [0.25, 0.3) is 0 Å². The van der Waals surface area contributed by atoms with E-state index in [9.17, 15) is 9.59 Å². The molecule has 5 heteroatoms. The van der Waals surface area contributed by atoms with E-state index in [4.69, 9.17) is 9.16 Å². The molecule has 0 aliphatic heterocycles. The van der Waals surface area contributed by atoms with Gasteiger partial charge in [0, 0.05) is 12.2 Å². The molecule has 0 aliphatic carbocycles. The SMILES string of the molecule is CCCCCCCCCCCCOC(=O)C=CC(=O)O[SiH2]CCCCCCCC. The molecule has 0 spiro atoms. The Bertz CT molecular complexity index is 410. The Kier molecular flexibility index (Phi) is 22.3. The zero-order valence-corrected chi connectivity index (χ0v) is 20.6. The molecule has 4 nitrogen and oxygen atoms in total. The van der Waals surface area contributed by atoms with Crippen LogP contribution >= 0.6 is 0 Å². The standard InChI is InChI=1S/C24H46O4Si/c1-3-5-7-9-11-12-13-14-15-17-21-27-23(25)19-20-24(26)28-29-22-18-16-10-8-6-4-2/h19-20H,3-18,21-22,29H2,1-2H3. The molecule has 0 radical (unpaired) electrons. The Morgan fingerprint density at radius 3 is 1.62 bits per heavy atom. The van der Waals surface area contributed by atoms with Gasteiger partial charge in [-0.1, -0.05) is 110 Å². The Morgan fingerprint density at radius 2 is 1.07 bits per heavy atom. The molecule has 0 rings (SSSR count). The van der Waals surface area contributed by atoms with Crippen LogP contribution in [0.4, 0.5) is 0 Å². The fraction of sp³-hybridized carbons (Fsp3) is 0.833. The van der Waals surface area contributed by atoms with Gasteiger partial charge in [0.1, 0.15) is 0 Å². The smallest absolute Gasteiger partial charge is 0.331 e. The van der Waals surface area contributed by atoms with E-state index >= 15 is 0 Å². The number of hydrogen-bond donors (Lipinski definition) is 0. The van der Waals surface area contributed by atoms with Gasteiger partial charge in [0.05, 0.1) is 6.61 Å². The van der Waals surface area contributed by atoms with Crippen LogP contribution in [-0.2, 0) is 18.8 Å². The second-order valence-corrected chi connectivity index (χ2v) is 9.38. The average molecular weight is 427 g/mol. The molecule has 0 fully saturated rings. The van der Waals surface area contributed by atoms with Gasteiger partial charge < -0.3 is 9.16 Å². The van der Waals surface area contributed by atoms with Crippen LogP contribution in [-0.4, -0.2) is 28.3 Å². The second-order valence-electron chi connectivity index (χ2n) is 7.97. The van der Waals surface area contributed by atoms with Crippen molar-refractivity contribution >= 4 is 21.7 Å². The number of unbranched alkanes of at least 4 members (excludes halogenated alkanes) is 14. The van der Waals surface area contributed by atoms with Crippen molar-refractivity contribution in [3.63, 3.8) is 0 Å². The van der Waals surface area contributed by atoms with Gasteiger partial charge in [0.15, 0.2) is 0 Å². The molecule has 0 aromatic rings. The van der Waals surface area contributed by atoms with E-state index in [1.807, 2.05) is 0 Å². The van der Waals surface area contributed by atoms with Crippen molar-refractivity contribution in [1.29, 1.82) is 0 Å². The summed E-state index contributed by atoms with van der Waals surface area (Å²) in [7, 11) is -0.810. The lowest BCUT2D eigenvalue weighted by molar-refractivity contribution is -0.138. The van der Waals surface area contributed by atoms with Gasteiger partial charge in [-0.15, -0.1) is 0 Å². The quantitative estimate of drug-likeness (QED) is 0.0920. The number of rotatable bonds is 21. The summed E-state index contributed by atoms with van der Waals surface area (Å²) in [5.74, 6) is -0.853. The molecule has 0 atom stereocenters. The molecule has 0 heterocycles. The number of hydrogen-bond acceptors (Lipinski definition) is 4. The van der Waals surface area contributed by atoms with E-state index < -0.39 is 21.7 Å². The average Bonchev–Trinajstić information content (AvgIpc) is 2.72. The summed E-state index contributed by atoms with van der Waals surface area (Å²) in [6.07, 6.45) is 22.5. The van der Waals surface area contributed by atoms with Crippen LogP contribution in [0.2, 0.25) is 6.04 Å². The lowest BCUT2D eigenvalue weighted by Gasteiger charge is -2.04. The predicted molar refractivity (Wildman–Crippen MR) is 125 cm³/mol. The molecule has 0 amide bonds. The highest BCUT2D eigenvalue weighted by molar-refractivity contribution is 6.31. The molecule has 0 saturated heterocycles. The maximum absolute atomic E-state index is 11.6. The number of ether oxygens (including phenoxy) is 1. The predicted octanol–water partition coefficient (Wildman–Crippen LogP) is 6.41. The highest BCUT2D eigenvalue weighted by Gasteiger charge is 2.01. The second kappa shape index (κ2) is 23.2. The summed E-state index contributed by atoms with van der Waals surface area (Å²) in [4.78, 5) is 23.2. The van der Waals surface area contributed by atoms with Gasteiger partial charge in [-0.25, -0.2) is 9.59 Å². The minimum absolute atomic E-state index is 0.404. The first-order chi connectivity index (χ1) is 14.2. The zero-order valence-electron chi connectivity index (χ0n) is 19.2. The molecule has 170 valence electrons. The Morgan fingerprint density at radius 1 is 0.621 bits per heavy atom. The molecular weight excluding hydrogens is 380 g/mol. The molecule has 0 saturated carbocycles. The summed E-state index contributed by atoms with van der Waals surface area (Å²) >= 11 is 0. The highest BCUT2D eigenvalue weighted by Crippen LogP contribution is 2.10. The molecule has 0 bridgehead atoms. The van der Waals surface area contributed by atoms with Crippen LogP contribution in [0.5, 0.6) is 0 Å². The molecule has 29 heavy (non-hydrogen) atoms. The fourth-order valence-electron chi connectivity index (χ4n) is 3.23. The third kappa shape index (κ3) is 23.0. The van der Waals surface area contributed by atoms with Crippen LogP contribution < -0.4 is 0 Å².